The predicted octanol–water partition coefficient (Wildman–Crippen LogP) is -2.10. The van der Waals surface area contributed by atoms with Crippen molar-refractivity contribution in [2.24, 2.45) is 0 Å². The van der Waals surface area contributed by atoms with Gasteiger partial charge in [-0.3, -0.25) is 0 Å². The minimum atomic E-state index is 0. The number of anilines is 2. The van der Waals surface area contributed by atoms with Gasteiger partial charge in [-0.1, -0.05) is 42.5 Å². The second-order valence-electron chi connectivity index (χ2n) is 7.86. The Kier molecular flexibility index (Phi) is 8.42. The summed E-state index contributed by atoms with van der Waals surface area (Å²) in [5.74, 6) is 0. The number of fused-ring (bicyclic) bond motifs is 1. The van der Waals surface area contributed by atoms with E-state index in [2.05, 4.69) is 117 Å². The Hall–Kier alpha value is -2.70. The second-order valence-corrected chi connectivity index (χ2v) is 7.86. The van der Waals surface area contributed by atoms with Crippen molar-refractivity contribution in [2.75, 3.05) is 10.6 Å². The zero-order chi connectivity index (χ0) is 20.2. The van der Waals surface area contributed by atoms with Gasteiger partial charge in [-0.05, 0) is 17.2 Å². The van der Waals surface area contributed by atoms with Crippen molar-refractivity contribution in [3.8, 4) is 0 Å². The van der Waals surface area contributed by atoms with E-state index in [1.54, 1.807) is 0 Å². The molecule has 6 heteroatoms. The number of hydrogen-bond donors (Lipinski definition) is 2. The standard InChI is InChI=1S/C26H24N4.2BrH/c1-2-23-16-24(3-1)20-30-14-10-26(11-15-30)28-18-22-6-4-21(5-7-22)17-27-25-8-12-29(19-23)13-9-25;;/h1-16H,17-20H2;2*1H. The molecule has 0 atom stereocenters. The first-order valence-corrected chi connectivity index (χ1v) is 10.4. The quantitative estimate of drug-likeness (QED) is 0.245. The molecule has 164 valence electrons. The fourth-order valence-electron chi connectivity index (χ4n) is 3.79. The molecular formula is C26H26Br2N4. The third kappa shape index (κ3) is 6.17. The highest BCUT2D eigenvalue weighted by atomic mass is 79.9. The van der Waals surface area contributed by atoms with Crippen molar-refractivity contribution in [3.63, 3.8) is 0 Å². The second kappa shape index (κ2) is 11.2. The topological polar surface area (TPSA) is 31.8 Å². The minimum Gasteiger partial charge on any atom is -1.00 e. The van der Waals surface area contributed by atoms with Gasteiger partial charge in [0.15, 0.2) is 37.9 Å². The highest BCUT2D eigenvalue weighted by Crippen LogP contribution is 2.12. The lowest BCUT2D eigenvalue weighted by molar-refractivity contribution is -0.689. The smallest absolute Gasteiger partial charge is 0.173 e. The minimum absolute atomic E-state index is 0. The number of nitrogens with zero attached hydrogens (tertiary/aromatic N) is 2. The monoisotopic (exact) mass is 552 g/mol. The largest absolute Gasteiger partial charge is 1.00 e. The van der Waals surface area contributed by atoms with E-state index in [4.69, 9.17) is 0 Å². The van der Waals surface area contributed by atoms with Gasteiger partial charge in [-0.15, -0.1) is 0 Å². The number of benzene rings is 2. The number of pyridine rings is 2. The van der Waals surface area contributed by atoms with E-state index < -0.39 is 0 Å². The van der Waals surface area contributed by atoms with Crippen LogP contribution in [0.4, 0.5) is 11.4 Å². The average molecular weight is 554 g/mol. The SMILES string of the molecule is [Br-].[Br-].c1cc2cc(c1)C[n+]1ccc(cc1)NCc1ccc(cc1)CNc1cc[n+](cc1)C2. The van der Waals surface area contributed by atoms with Crippen LogP contribution in [-0.4, -0.2) is 0 Å². The summed E-state index contributed by atoms with van der Waals surface area (Å²) in [6, 6.07) is 26.2. The Balaban J connectivity index is 0.00000144. The highest BCUT2D eigenvalue weighted by Gasteiger charge is 2.08. The molecule has 0 radical (unpaired) electrons. The van der Waals surface area contributed by atoms with E-state index in [-0.39, 0.29) is 34.0 Å². The third-order valence-electron chi connectivity index (χ3n) is 5.52. The fraction of sp³-hybridized carbons (Fsp3) is 0.154. The van der Waals surface area contributed by atoms with Crippen LogP contribution in [0.25, 0.3) is 0 Å². The van der Waals surface area contributed by atoms with Gasteiger partial charge in [0.05, 0.1) is 0 Å². The van der Waals surface area contributed by atoms with Gasteiger partial charge in [0.25, 0.3) is 0 Å². The summed E-state index contributed by atoms with van der Waals surface area (Å²) in [5, 5.41) is 7.03. The lowest BCUT2D eigenvalue weighted by Crippen LogP contribution is -3.00. The molecule has 5 aliphatic heterocycles. The molecular weight excluding hydrogens is 528 g/mol. The van der Waals surface area contributed by atoms with Gasteiger partial charge in [0, 0.05) is 59.9 Å². The number of aromatic nitrogens is 2. The molecule has 0 fully saturated rings. The van der Waals surface area contributed by atoms with E-state index in [1.807, 2.05) is 0 Å². The molecule has 7 heterocycles. The van der Waals surface area contributed by atoms with Crippen LogP contribution in [0, 0.1) is 0 Å². The fourth-order valence-corrected chi connectivity index (χ4v) is 3.79. The molecule has 32 heavy (non-hydrogen) atoms. The Morgan fingerprint density at radius 1 is 0.500 bits per heavy atom. The van der Waals surface area contributed by atoms with Gasteiger partial charge in [0.2, 0.25) is 0 Å². The highest BCUT2D eigenvalue weighted by molar-refractivity contribution is 5.42. The van der Waals surface area contributed by atoms with Crippen molar-refractivity contribution in [1.82, 2.24) is 0 Å². The molecule has 9 rings (SSSR count). The summed E-state index contributed by atoms with van der Waals surface area (Å²) in [7, 11) is 0. The van der Waals surface area contributed by atoms with Gasteiger partial charge in [0.1, 0.15) is 0 Å². The van der Waals surface area contributed by atoms with E-state index in [9.17, 15) is 0 Å². The number of nitrogens with one attached hydrogen (secondary N) is 2. The predicted molar refractivity (Wildman–Crippen MR) is 119 cm³/mol. The molecule has 0 spiro atoms. The van der Waals surface area contributed by atoms with Crippen molar-refractivity contribution >= 4 is 11.4 Å². The first-order valence-electron chi connectivity index (χ1n) is 10.4. The molecule has 2 aromatic carbocycles. The Morgan fingerprint density at radius 2 is 0.906 bits per heavy atom. The van der Waals surface area contributed by atoms with Crippen molar-refractivity contribution in [2.45, 2.75) is 26.2 Å². The van der Waals surface area contributed by atoms with Crippen LogP contribution in [-0.2, 0) is 26.2 Å². The average Bonchev–Trinajstić information content (AvgIpc) is 2.79. The lowest BCUT2D eigenvalue weighted by atomic mass is 10.1. The third-order valence-corrected chi connectivity index (χ3v) is 5.52. The maximum atomic E-state index is 3.52. The molecule has 0 aliphatic carbocycles. The van der Waals surface area contributed by atoms with E-state index in [1.165, 1.54) is 22.3 Å². The summed E-state index contributed by atoms with van der Waals surface area (Å²) < 4.78 is 4.43. The Labute approximate surface area is 210 Å². The summed E-state index contributed by atoms with van der Waals surface area (Å²) >= 11 is 0. The maximum absolute atomic E-state index is 3.52. The molecule has 0 saturated carbocycles. The van der Waals surface area contributed by atoms with Crippen molar-refractivity contribution < 1.29 is 43.1 Å². The number of rotatable bonds is 0. The molecule has 0 saturated heterocycles. The molecule has 4 aromatic rings. The van der Waals surface area contributed by atoms with Crippen LogP contribution in [0.1, 0.15) is 22.3 Å². The molecule has 4 nitrogen and oxygen atoms in total. The van der Waals surface area contributed by atoms with Gasteiger partial charge >= 0.3 is 0 Å². The van der Waals surface area contributed by atoms with Crippen LogP contribution < -0.4 is 53.7 Å². The first-order chi connectivity index (χ1) is 14.8. The van der Waals surface area contributed by atoms with Gasteiger partial charge < -0.3 is 44.6 Å². The van der Waals surface area contributed by atoms with Crippen LogP contribution in [0.2, 0.25) is 0 Å². The number of halogens is 2. The van der Waals surface area contributed by atoms with Gasteiger partial charge in [-0.2, -0.15) is 0 Å². The van der Waals surface area contributed by atoms with E-state index in [0.717, 1.165) is 37.6 Å². The molecule has 5 aliphatic rings. The van der Waals surface area contributed by atoms with Crippen LogP contribution in [0.15, 0.2) is 97.6 Å². The Morgan fingerprint density at radius 3 is 1.31 bits per heavy atom. The summed E-state index contributed by atoms with van der Waals surface area (Å²) in [5.41, 5.74) is 7.44. The Bertz CT molecular complexity index is 1040. The normalized spacial score (nSPS) is 12.5. The molecule has 2 aromatic heterocycles. The summed E-state index contributed by atoms with van der Waals surface area (Å²) in [6.45, 7) is 3.36. The maximum Gasteiger partial charge on any atom is 0.173 e. The molecule has 8 bridgehead atoms. The summed E-state index contributed by atoms with van der Waals surface area (Å²) in [4.78, 5) is 0. The van der Waals surface area contributed by atoms with E-state index >= 15 is 0 Å². The summed E-state index contributed by atoms with van der Waals surface area (Å²) in [6.07, 6.45) is 8.55. The zero-order valence-electron chi connectivity index (χ0n) is 17.7. The molecule has 2 N–H and O–H groups in total. The van der Waals surface area contributed by atoms with Crippen LogP contribution in [0.5, 0.6) is 0 Å². The first kappa shape index (κ1) is 24.0. The molecule has 0 unspecified atom stereocenters. The molecule has 0 amide bonds. The number of hydrogen-bond acceptors (Lipinski definition) is 2. The van der Waals surface area contributed by atoms with Crippen LogP contribution >= 0.6 is 0 Å². The van der Waals surface area contributed by atoms with Gasteiger partial charge in [-0.25, -0.2) is 9.13 Å². The van der Waals surface area contributed by atoms with Crippen molar-refractivity contribution in [3.05, 3.63) is 120 Å². The zero-order valence-corrected chi connectivity index (χ0v) is 20.9. The van der Waals surface area contributed by atoms with Crippen LogP contribution in [0.3, 0.4) is 0 Å². The van der Waals surface area contributed by atoms with E-state index in [0.29, 0.717) is 0 Å². The lowest BCUT2D eigenvalue weighted by Gasteiger charge is -2.08. The van der Waals surface area contributed by atoms with Crippen molar-refractivity contribution in [1.29, 1.82) is 0 Å².